The standard InChI is InChI=1S/C30H51N8O18P3S/c1-5-6-7-16(2)21(40)19(31)29(44)60-11-10-33-18(39)8-9-34-27(43)24(42)30(3,4)13-53-59(50,51)56-58(48,49)52-12-17-23(55-57(45,46)47)22(41)28(54-17)38-15-37-20-25(32)35-14-36-26(20)38/h5-6,14-17,19,21-24,28,40-42H,7-13,31H2,1-4H3,(H,33,39)(H,34,43)(H,48,49)(H,50,51)(H2,32,35,36)(H2,45,46,47)/b6-5+/t16-,17-,19+,21-,22-,23-,24+,28-/m1/s1. The molecular formula is C30H51N8O18P3S. The maximum Gasteiger partial charge on any atom is 0.481 e. The van der Waals surface area contributed by atoms with Gasteiger partial charge < -0.3 is 61.7 Å². The second kappa shape index (κ2) is 22.0. The zero-order chi connectivity index (χ0) is 45.2. The number of nitrogens with one attached hydrogen (secondary N) is 2. The van der Waals surface area contributed by atoms with Crippen LogP contribution in [0.15, 0.2) is 24.8 Å². The molecule has 30 heteroatoms. The Morgan fingerprint density at radius 3 is 2.38 bits per heavy atom. The van der Waals surface area contributed by atoms with E-state index >= 15 is 0 Å². The summed E-state index contributed by atoms with van der Waals surface area (Å²) in [5.41, 5.74) is 10.1. The van der Waals surface area contributed by atoms with E-state index in [1.807, 2.05) is 19.1 Å². The normalized spacial score (nSPS) is 22.8. The summed E-state index contributed by atoms with van der Waals surface area (Å²) in [7, 11) is -16.5. The average molecular weight is 937 g/mol. The van der Waals surface area contributed by atoms with Crippen LogP contribution in [0, 0.1) is 11.3 Å². The Morgan fingerprint density at radius 2 is 1.73 bits per heavy atom. The fraction of sp³-hybridized carbons (Fsp3) is 0.667. The number of thioether (sulfide) groups is 1. The first kappa shape index (κ1) is 51.6. The summed E-state index contributed by atoms with van der Waals surface area (Å²) in [4.78, 5) is 88.1. The smallest absolute Gasteiger partial charge is 0.391 e. The lowest BCUT2D eigenvalue weighted by Crippen LogP contribution is -2.46. The van der Waals surface area contributed by atoms with E-state index in [1.54, 1.807) is 6.92 Å². The van der Waals surface area contributed by atoms with Crippen molar-refractivity contribution in [3.63, 3.8) is 0 Å². The van der Waals surface area contributed by atoms with E-state index in [1.165, 1.54) is 13.8 Å². The zero-order valence-corrected chi connectivity index (χ0v) is 36.2. The van der Waals surface area contributed by atoms with Crippen LogP contribution in [0.25, 0.3) is 11.2 Å². The molecule has 1 aliphatic rings. The van der Waals surface area contributed by atoms with Crippen molar-refractivity contribution in [1.29, 1.82) is 0 Å². The highest BCUT2D eigenvalue weighted by Crippen LogP contribution is 2.61. The first-order chi connectivity index (χ1) is 27.8. The summed E-state index contributed by atoms with van der Waals surface area (Å²) in [6, 6.07) is -1.11. The van der Waals surface area contributed by atoms with Crippen LogP contribution < -0.4 is 22.1 Å². The van der Waals surface area contributed by atoms with Crippen molar-refractivity contribution in [2.45, 2.75) is 83.3 Å². The number of hydrogen-bond acceptors (Lipinski definition) is 20. The van der Waals surface area contributed by atoms with E-state index in [2.05, 4.69) is 34.4 Å². The van der Waals surface area contributed by atoms with Crippen molar-refractivity contribution >= 4 is 69.1 Å². The van der Waals surface area contributed by atoms with Gasteiger partial charge in [0, 0.05) is 30.7 Å². The van der Waals surface area contributed by atoms with Gasteiger partial charge in [-0.3, -0.25) is 32.5 Å². The number of carbonyl (C=O) groups is 3. The van der Waals surface area contributed by atoms with Crippen LogP contribution in [0.3, 0.4) is 0 Å². The summed E-state index contributed by atoms with van der Waals surface area (Å²) >= 11 is 0.845. The Morgan fingerprint density at radius 1 is 1.07 bits per heavy atom. The lowest BCUT2D eigenvalue weighted by atomic mass is 9.87. The van der Waals surface area contributed by atoms with Crippen molar-refractivity contribution in [3.05, 3.63) is 24.8 Å². The predicted molar refractivity (Wildman–Crippen MR) is 210 cm³/mol. The number of anilines is 1. The molecule has 0 radical (unpaired) electrons. The van der Waals surface area contributed by atoms with Crippen molar-refractivity contribution in [3.8, 4) is 0 Å². The van der Waals surface area contributed by atoms with E-state index in [9.17, 15) is 63.0 Å². The highest BCUT2D eigenvalue weighted by atomic mass is 32.2. The highest BCUT2D eigenvalue weighted by Gasteiger charge is 2.50. The van der Waals surface area contributed by atoms with Gasteiger partial charge in [-0.15, -0.1) is 0 Å². The number of nitrogens with zero attached hydrogens (tertiary/aromatic N) is 4. The number of nitrogen functional groups attached to an aromatic ring is 1. The Labute approximate surface area is 347 Å². The Hall–Kier alpha value is -2.78. The minimum absolute atomic E-state index is 0.0223. The van der Waals surface area contributed by atoms with Crippen LogP contribution in [0.4, 0.5) is 5.82 Å². The molecule has 1 saturated heterocycles. The molecule has 3 rings (SSSR count). The molecule has 0 aromatic carbocycles. The van der Waals surface area contributed by atoms with E-state index in [0.29, 0.717) is 6.42 Å². The molecule has 0 saturated carbocycles. The first-order valence-corrected chi connectivity index (χ1v) is 23.4. The predicted octanol–water partition coefficient (Wildman–Crippen LogP) is -1.04. The molecule has 13 N–H and O–H groups in total. The van der Waals surface area contributed by atoms with Crippen LogP contribution >= 0.6 is 35.2 Å². The molecule has 1 fully saturated rings. The third kappa shape index (κ3) is 15.2. The average Bonchev–Trinajstić information content (AvgIpc) is 3.72. The van der Waals surface area contributed by atoms with Crippen LogP contribution in [0.5, 0.6) is 0 Å². The minimum atomic E-state index is -5.59. The molecule has 0 spiro atoms. The van der Waals surface area contributed by atoms with E-state index in [4.69, 9.17) is 25.3 Å². The van der Waals surface area contributed by atoms with Crippen molar-refractivity contribution < 1.29 is 85.6 Å². The van der Waals surface area contributed by atoms with E-state index < -0.39 is 102 Å². The lowest BCUT2D eigenvalue weighted by molar-refractivity contribution is -0.137. The fourth-order valence-corrected chi connectivity index (χ4v) is 8.93. The van der Waals surface area contributed by atoms with Gasteiger partial charge in [-0.05, 0) is 19.3 Å². The molecule has 0 bridgehead atoms. The molecule has 3 heterocycles. The molecule has 1 aliphatic heterocycles. The number of phosphoric ester groups is 3. The van der Waals surface area contributed by atoms with Gasteiger partial charge in [-0.25, -0.2) is 28.6 Å². The van der Waals surface area contributed by atoms with Crippen molar-refractivity contribution in [1.82, 2.24) is 30.2 Å². The maximum absolute atomic E-state index is 12.7. The number of ether oxygens (including phenoxy) is 1. The lowest BCUT2D eigenvalue weighted by Gasteiger charge is -2.30. The van der Waals surface area contributed by atoms with Gasteiger partial charge in [-0.1, -0.05) is 44.7 Å². The number of nitrogens with two attached hydrogens (primary N) is 2. The molecule has 340 valence electrons. The number of rotatable bonds is 24. The number of amides is 2. The number of fused-ring (bicyclic) bond motifs is 1. The van der Waals surface area contributed by atoms with Gasteiger partial charge in [0.15, 0.2) is 17.7 Å². The number of allylic oxidation sites excluding steroid dienone is 2. The van der Waals surface area contributed by atoms with E-state index in [0.717, 1.165) is 29.0 Å². The quantitative estimate of drug-likeness (QED) is 0.0340. The van der Waals surface area contributed by atoms with Crippen LogP contribution in [-0.4, -0.2) is 140 Å². The Bertz CT molecular complexity index is 1970. The van der Waals surface area contributed by atoms with Crippen LogP contribution in [0.2, 0.25) is 0 Å². The van der Waals surface area contributed by atoms with Gasteiger partial charge in [0.05, 0.1) is 25.6 Å². The number of aliphatic hydroxyl groups is 3. The van der Waals surface area contributed by atoms with Gasteiger partial charge in [0.2, 0.25) is 16.9 Å². The van der Waals surface area contributed by atoms with Crippen molar-refractivity contribution in [2.24, 2.45) is 17.1 Å². The number of phosphoric acid groups is 3. The summed E-state index contributed by atoms with van der Waals surface area (Å²) in [5, 5.41) is 36.2. The number of hydrogen-bond donors (Lipinski definition) is 11. The fourth-order valence-electron chi connectivity index (χ4n) is 5.36. The largest absolute Gasteiger partial charge is 0.481 e. The van der Waals surface area contributed by atoms with Gasteiger partial charge in [-0.2, -0.15) is 4.31 Å². The third-order valence-electron chi connectivity index (χ3n) is 8.71. The second-order valence-corrected chi connectivity index (χ2v) is 19.4. The zero-order valence-electron chi connectivity index (χ0n) is 32.7. The molecule has 60 heavy (non-hydrogen) atoms. The summed E-state index contributed by atoms with van der Waals surface area (Å²) in [5.74, 6) is -1.65. The molecule has 2 aromatic rings. The molecule has 2 unspecified atom stereocenters. The number of carbonyl (C=O) groups excluding carboxylic acids is 3. The van der Waals surface area contributed by atoms with Crippen molar-refractivity contribution in [2.75, 3.05) is 37.8 Å². The van der Waals surface area contributed by atoms with Crippen LogP contribution in [-0.2, 0) is 50.7 Å². The number of aliphatic hydroxyl groups excluding tert-OH is 3. The maximum atomic E-state index is 12.7. The third-order valence-corrected chi connectivity index (χ3v) is 12.8. The van der Waals surface area contributed by atoms with Gasteiger partial charge in [0.1, 0.15) is 42.3 Å². The Balaban J connectivity index is 1.45. The molecule has 0 aliphatic carbocycles. The topological polar surface area (TPSA) is 410 Å². The van der Waals surface area contributed by atoms with Crippen LogP contribution in [0.1, 0.15) is 46.8 Å². The first-order valence-electron chi connectivity index (χ1n) is 17.9. The molecule has 2 aromatic heterocycles. The molecule has 26 nitrogen and oxygen atoms in total. The number of imidazole rings is 1. The number of aromatic nitrogens is 4. The molecule has 2 amide bonds. The van der Waals surface area contributed by atoms with Gasteiger partial charge >= 0.3 is 23.5 Å². The summed E-state index contributed by atoms with van der Waals surface area (Å²) in [6.07, 6.45) is -3.90. The van der Waals surface area contributed by atoms with Gasteiger partial charge in [0.25, 0.3) is 0 Å². The Kier molecular flexibility index (Phi) is 18.9. The summed E-state index contributed by atoms with van der Waals surface area (Å²) in [6.45, 7) is 3.83. The molecule has 10 atom stereocenters. The highest BCUT2D eigenvalue weighted by molar-refractivity contribution is 8.13. The SMILES string of the molecule is C/C=C/C[C@@H](C)[C@@H](O)[C@H](N)C(=O)SCCNC(=O)CCNC(=O)[C@H](O)C(C)(C)COP(=O)(O)OP(=O)(O)OC[C@H]1O[C@@H](n2cnc3c(N)ncnc32)[C@H](O)[C@@H]1OP(=O)(O)O. The molecular weight excluding hydrogens is 885 g/mol. The summed E-state index contributed by atoms with van der Waals surface area (Å²) < 4.78 is 62.2. The van der Waals surface area contributed by atoms with E-state index in [-0.39, 0.29) is 48.2 Å². The monoisotopic (exact) mass is 936 g/mol. The minimum Gasteiger partial charge on any atom is -0.391 e. The second-order valence-electron chi connectivity index (χ2n) is 14.0.